The van der Waals surface area contributed by atoms with Crippen molar-refractivity contribution in [3.05, 3.63) is 42.0 Å². The van der Waals surface area contributed by atoms with Gasteiger partial charge in [0, 0.05) is 17.8 Å². The van der Waals surface area contributed by atoms with Gasteiger partial charge in [0.2, 0.25) is 0 Å². The summed E-state index contributed by atoms with van der Waals surface area (Å²) in [6.45, 7) is 3.57. The van der Waals surface area contributed by atoms with Crippen LogP contribution >= 0.6 is 0 Å². The molecule has 0 aliphatic rings. The molecule has 0 spiro atoms. The largest absolute Gasteiger partial charge is 0.454 e. The molecule has 0 heterocycles. The monoisotopic (exact) mass is 257 g/mol. The molecule has 0 atom stereocenters. The van der Waals surface area contributed by atoms with Gasteiger partial charge in [0.1, 0.15) is 0 Å². The van der Waals surface area contributed by atoms with E-state index < -0.39 is 12.0 Å². The summed E-state index contributed by atoms with van der Waals surface area (Å²) < 4.78 is 36.7. The Labute approximate surface area is 104 Å². The van der Waals surface area contributed by atoms with Crippen molar-refractivity contribution in [2.75, 3.05) is 0 Å². The Hall–Kier alpha value is -1.78. The number of alkyl halides is 3. The number of carbonyl (C=O) groups is 1. The van der Waals surface area contributed by atoms with Gasteiger partial charge in [0.05, 0.1) is 0 Å². The van der Waals surface area contributed by atoms with Crippen LogP contribution in [0.3, 0.4) is 0 Å². The van der Waals surface area contributed by atoms with Crippen molar-refractivity contribution < 1.29 is 18.0 Å². The zero-order valence-corrected chi connectivity index (χ0v) is 10.1. The highest BCUT2D eigenvalue weighted by atomic mass is 19.4. The van der Waals surface area contributed by atoms with E-state index in [1.807, 2.05) is 0 Å². The molecule has 0 radical (unpaired) electrons. The molecule has 5 heteroatoms. The van der Waals surface area contributed by atoms with Gasteiger partial charge in [-0.05, 0) is 19.4 Å². The van der Waals surface area contributed by atoms with Crippen molar-refractivity contribution in [1.82, 2.24) is 5.32 Å². The second-order valence-electron chi connectivity index (χ2n) is 4.09. The highest BCUT2D eigenvalue weighted by molar-refractivity contribution is 6.00. The van der Waals surface area contributed by atoms with Crippen molar-refractivity contribution in [2.45, 2.75) is 26.1 Å². The molecular formula is C13H14F3NO. The predicted octanol–water partition coefficient (Wildman–Crippen LogP) is 3.16. The van der Waals surface area contributed by atoms with E-state index in [9.17, 15) is 18.0 Å². The van der Waals surface area contributed by atoms with Crippen LogP contribution in [0.15, 0.2) is 36.4 Å². The number of carbonyl (C=O) groups excluding carboxylic acids is 1. The lowest BCUT2D eigenvalue weighted by Crippen LogP contribution is -2.25. The Balaban J connectivity index is 3.07. The van der Waals surface area contributed by atoms with Gasteiger partial charge in [0.15, 0.2) is 0 Å². The maximum atomic E-state index is 12.2. The number of allylic oxidation sites excluding steroid dienone is 1. The summed E-state index contributed by atoms with van der Waals surface area (Å²) in [6, 6.07) is 8.36. The molecule has 0 amide bonds. The lowest BCUT2D eigenvalue weighted by molar-refractivity contribution is -0.165. The molecule has 1 aromatic rings. The van der Waals surface area contributed by atoms with Crippen LogP contribution < -0.4 is 5.32 Å². The van der Waals surface area contributed by atoms with Crippen LogP contribution in [0.5, 0.6) is 0 Å². The number of hydrogen-bond donors (Lipinski definition) is 1. The smallest absolute Gasteiger partial charge is 0.382 e. The lowest BCUT2D eigenvalue weighted by Gasteiger charge is -2.14. The number of halogens is 3. The third kappa shape index (κ3) is 4.24. The summed E-state index contributed by atoms with van der Waals surface area (Å²) in [5.41, 5.74) is 0.719. The lowest BCUT2D eigenvalue weighted by atomic mass is 10.1. The van der Waals surface area contributed by atoms with Gasteiger partial charge in [-0.1, -0.05) is 30.3 Å². The zero-order chi connectivity index (χ0) is 13.8. The molecule has 0 unspecified atom stereocenters. The fraction of sp³-hybridized carbons (Fsp3) is 0.308. The summed E-state index contributed by atoms with van der Waals surface area (Å²) in [4.78, 5) is 11.0. The standard InChI is InChI=1S/C13H14F3NO/c1-9(2)17-11(8-12(18)13(14,15)16)10-6-4-3-5-7-10/h3-9,17H,1-2H3/b11-8-. The zero-order valence-electron chi connectivity index (χ0n) is 10.1. The second-order valence-corrected chi connectivity index (χ2v) is 4.09. The maximum absolute atomic E-state index is 12.2. The Morgan fingerprint density at radius 1 is 1.22 bits per heavy atom. The number of nitrogens with one attached hydrogen (secondary N) is 1. The predicted molar refractivity (Wildman–Crippen MR) is 63.8 cm³/mol. The first-order chi connectivity index (χ1) is 8.30. The molecule has 0 saturated heterocycles. The molecule has 0 saturated carbocycles. The molecule has 0 bridgehead atoms. The molecule has 2 nitrogen and oxygen atoms in total. The van der Waals surface area contributed by atoms with E-state index in [-0.39, 0.29) is 11.7 Å². The van der Waals surface area contributed by atoms with Gasteiger partial charge in [-0.25, -0.2) is 0 Å². The highest BCUT2D eigenvalue weighted by Gasteiger charge is 2.36. The third-order valence-corrected chi connectivity index (χ3v) is 2.08. The van der Waals surface area contributed by atoms with Crippen LogP contribution in [0.4, 0.5) is 13.2 Å². The number of hydrogen-bond acceptors (Lipinski definition) is 2. The average molecular weight is 257 g/mol. The summed E-state index contributed by atoms with van der Waals surface area (Å²) in [6.07, 6.45) is -4.26. The SMILES string of the molecule is CC(C)N/C(=C\C(=O)C(F)(F)F)c1ccccc1. The van der Waals surface area contributed by atoms with Crippen LogP contribution in [-0.2, 0) is 4.79 Å². The quantitative estimate of drug-likeness (QED) is 0.839. The summed E-state index contributed by atoms with van der Waals surface area (Å²) in [5.74, 6) is -1.87. The van der Waals surface area contributed by atoms with E-state index in [2.05, 4.69) is 5.32 Å². The van der Waals surface area contributed by atoms with Crippen molar-refractivity contribution in [1.29, 1.82) is 0 Å². The minimum Gasteiger partial charge on any atom is -0.382 e. The summed E-state index contributed by atoms with van der Waals surface area (Å²) in [7, 11) is 0. The number of ketones is 1. The topological polar surface area (TPSA) is 29.1 Å². The van der Waals surface area contributed by atoms with E-state index in [1.54, 1.807) is 44.2 Å². The molecule has 0 fully saturated rings. The third-order valence-electron chi connectivity index (χ3n) is 2.08. The molecule has 1 rings (SSSR count). The highest BCUT2D eigenvalue weighted by Crippen LogP contribution is 2.20. The van der Waals surface area contributed by atoms with Crippen LogP contribution in [-0.4, -0.2) is 18.0 Å². The Bertz CT molecular complexity index is 435. The fourth-order valence-electron chi connectivity index (χ4n) is 1.35. The maximum Gasteiger partial charge on any atom is 0.454 e. The average Bonchev–Trinajstić information content (AvgIpc) is 2.27. The van der Waals surface area contributed by atoms with Crippen LogP contribution in [0.2, 0.25) is 0 Å². The van der Waals surface area contributed by atoms with E-state index in [0.717, 1.165) is 0 Å². The second kappa shape index (κ2) is 5.71. The van der Waals surface area contributed by atoms with Gasteiger partial charge in [-0.3, -0.25) is 4.79 Å². The van der Waals surface area contributed by atoms with Crippen molar-refractivity contribution >= 4 is 11.5 Å². The van der Waals surface area contributed by atoms with Crippen LogP contribution in [0.25, 0.3) is 5.70 Å². The first-order valence-corrected chi connectivity index (χ1v) is 5.45. The van der Waals surface area contributed by atoms with Crippen LogP contribution in [0, 0.1) is 0 Å². The van der Waals surface area contributed by atoms with Crippen LogP contribution in [0.1, 0.15) is 19.4 Å². The van der Waals surface area contributed by atoms with Crippen molar-refractivity contribution in [2.24, 2.45) is 0 Å². The van der Waals surface area contributed by atoms with Gasteiger partial charge in [-0.2, -0.15) is 13.2 Å². The first-order valence-electron chi connectivity index (χ1n) is 5.45. The molecule has 0 aromatic heterocycles. The minimum absolute atomic E-state index is 0.0718. The van der Waals surface area contributed by atoms with E-state index in [4.69, 9.17) is 0 Å². The van der Waals surface area contributed by atoms with Gasteiger partial charge in [-0.15, -0.1) is 0 Å². The number of rotatable bonds is 4. The van der Waals surface area contributed by atoms with Gasteiger partial charge in [0.25, 0.3) is 5.78 Å². The van der Waals surface area contributed by atoms with E-state index in [0.29, 0.717) is 11.6 Å². The minimum atomic E-state index is -4.85. The van der Waals surface area contributed by atoms with Crippen molar-refractivity contribution in [3.8, 4) is 0 Å². The summed E-state index contributed by atoms with van der Waals surface area (Å²) >= 11 is 0. The molecule has 0 aliphatic carbocycles. The normalized spacial score (nSPS) is 12.7. The Morgan fingerprint density at radius 2 is 1.78 bits per heavy atom. The van der Waals surface area contributed by atoms with Gasteiger partial charge >= 0.3 is 6.18 Å². The van der Waals surface area contributed by atoms with Crippen molar-refractivity contribution in [3.63, 3.8) is 0 Å². The Morgan fingerprint density at radius 3 is 2.22 bits per heavy atom. The van der Waals surface area contributed by atoms with Gasteiger partial charge < -0.3 is 5.32 Å². The molecule has 18 heavy (non-hydrogen) atoms. The van der Waals surface area contributed by atoms with E-state index >= 15 is 0 Å². The van der Waals surface area contributed by atoms with E-state index in [1.165, 1.54) is 0 Å². The molecular weight excluding hydrogens is 243 g/mol. The fourth-order valence-corrected chi connectivity index (χ4v) is 1.35. The molecule has 1 N–H and O–H groups in total. The molecule has 98 valence electrons. The molecule has 1 aromatic carbocycles. The summed E-state index contributed by atoms with van der Waals surface area (Å²) in [5, 5.41) is 2.84. The molecule has 0 aliphatic heterocycles. The first kappa shape index (κ1) is 14.3. The number of benzene rings is 1. The Kier molecular flexibility index (Phi) is 4.53.